The highest BCUT2D eigenvalue weighted by atomic mass is 16.5. The van der Waals surface area contributed by atoms with Gasteiger partial charge in [0.1, 0.15) is 11.6 Å². The zero-order valence-corrected chi connectivity index (χ0v) is 23.9. The summed E-state index contributed by atoms with van der Waals surface area (Å²) >= 11 is 0. The molecule has 218 valence electrons. The lowest BCUT2D eigenvalue weighted by Crippen LogP contribution is -2.46. The summed E-state index contributed by atoms with van der Waals surface area (Å²) in [6.45, 7) is 10.1. The monoisotopic (exact) mass is 567 g/mol. The van der Waals surface area contributed by atoms with Crippen LogP contribution in [-0.4, -0.2) is 79.8 Å². The number of amides is 1. The van der Waals surface area contributed by atoms with Crippen LogP contribution in [0.1, 0.15) is 28.4 Å². The third-order valence-electron chi connectivity index (χ3n) is 8.24. The van der Waals surface area contributed by atoms with E-state index in [-0.39, 0.29) is 5.56 Å². The predicted molar refractivity (Wildman–Crippen MR) is 167 cm³/mol. The van der Waals surface area contributed by atoms with Crippen molar-refractivity contribution in [2.75, 3.05) is 74.1 Å². The van der Waals surface area contributed by atoms with Gasteiger partial charge in [-0.2, -0.15) is 0 Å². The van der Waals surface area contributed by atoms with E-state index in [1.54, 1.807) is 18.3 Å². The van der Waals surface area contributed by atoms with E-state index in [0.29, 0.717) is 23.2 Å². The number of hydrogen-bond donors (Lipinski definition) is 3. The number of nitrogens with two attached hydrogens (primary N) is 1. The second-order valence-electron chi connectivity index (χ2n) is 10.8. The van der Waals surface area contributed by atoms with Crippen LogP contribution in [0, 0.1) is 0 Å². The van der Waals surface area contributed by atoms with Crippen LogP contribution in [0.15, 0.2) is 65.6 Å². The quantitative estimate of drug-likeness (QED) is 0.297. The molecule has 1 amide bonds. The number of ether oxygens (including phenoxy) is 1. The molecular formula is C32H37N7O3. The number of carbonyl (C=O) groups is 1. The fourth-order valence-corrected chi connectivity index (χ4v) is 5.73. The van der Waals surface area contributed by atoms with Crippen molar-refractivity contribution in [1.29, 1.82) is 0 Å². The Labute approximate surface area is 245 Å². The van der Waals surface area contributed by atoms with E-state index in [2.05, 4.69) is 44.1 Å². The number of likely N-dealkylation sites (N-methyl/N-ethyl adjacent to an activating group) is 1. The Kier molecular flexibility index (Phi) is 8.07. The number of carbonyl (C=O) groups excluding carboxylic acids is 1. The Balaban J connectivity index is 1.37. The third-order valence-corrected chi connectivity index (χ3v) is 8.24. The molecule has 42 heavy (non-hydrogen) atoms. The maximum atomic E-state index is 13.3. The first-order chi connectivity index (χ1) is 20.5. The van der Waals surface area contributed by atoms with Crippen LogP contribution < -0.4 is 26.4 Å². The zero-order valence-electron chi connectivity index (χ0n) is 23.9. The molecule has 10 nitrogen and oxygen atoms in total. The summed E-state index contributed by atoms with van der Waals surface area (Å²) in [6.07, 6.45) is 2.36. The van der Waals surface area contributed by atoms with Gasteiger partial charge in [0.15, 0.2) is 0 Å². The highest BCUT2D eigenvalue weighted by molar-refractivity contribution is 5.97. The normalized spacial score (nSPS) is 16.1. The maximum absolute atomic E-state index is 13.3. The number of piperazine rings is 1. The standard InChI is InChI=1S/C32H37N7O3/c1-2-37-11-13-39(14-12-37)28-20-27-24(19-22-3-5-23(6-4-22)30(33)40)21-34-32(41)29(27)31(36-28)35-25-7-9-26(10-8-25)38-15-17-42-18-16-38/h3-10,20-21H,2,11-19H2,1H3,(H2,33,40)(H,34,41)(H,35,36). The van der Waals surface area contributed by atoms with Crippen molar-refractivity contribution in [3.8, 4) is 0 Å². The number of nitrogens with zero attached hydrogens (tertiary/aromatic N) is 4. The summed E-state index contributed by atoms with van der Waals surface area (Å²) < 4.78 is 5.49. The van der Waals surface area contributed by atoms with Crippen molar-refractivity contribution in [3.63, 3.8) is 0 Å². The van der Waals surface area contributed by atoms with Crippen LogP contribution in [0.4, 0.5) is 23.0 Å². The van der Waals surface area contributed by atoms with Crippen molar-refractivity contribution in [3.05, 3.63) is 87.8 Å². The first kappa shape index (κ1) is 27.7. The summed E-state index contributed by atoms with van der Waals surface area (Å²) in [5.74, 6) is 0.928. The van der Waals surface area contributed by atoms with Gasteiger partial charge in [0.2, 0.25) is 5.91 Å². The summed E-state index contributed by atoms with van der Waals surface area (Å²) in [5.41, 5.74) is 9.69. The summed E-state index contributed by atoms with van der Waals surface area (Å²) in [5, 5.41) is 4.84. The lowest BCUT2D eigenvalue weighted by molar-refractivity contribution is 0.1000. The SMILES string of the molecule is CCN1CCN(c2cc3c(Cc4ccc(C(N)=O)cc4)c[nH]c(=O)c3c(Nc3ccc(N4CCOCC4)cc3)n2)CC1. The fraction of sp³-hybridized carbons (Fsp3) is 0.344. The van der Waals surface area contributed by atoms with Gasteiger partial charge in [-0.05, 0) is 71.9 Å². The van der Waals surface area contributed by atoms with Crippen molar-refractivity contribution < 1.29 is 9.53 Å². The number of nitrogens with one attached hydrogen (secondary N) is 2. The molecule has 6 rings (SSSR count). The molecule has 4 heterocycles. The molecule has 0 bridgehead atoms. The van der Waals surface area contributed by atoms with E-state index in [9.17, 15) is 9.59 Å². The Bertz CT molecular complexity index is 1600. The van der Waals surface area contributed by atoms with E-state index in [0.717, 1.165) is 92.7 Å². The molecule has 0 radical (unpaired) electrons. The Hall–Kier alpha value is -4.41. The number of hydrogen-bond acceptors (Lipinski definition) is 8. The molecule has 0 unspecified atom stereocenters. The molecule has 2 aromatic carbocycles. The number of aromatic amines is 1. The van der Waals surface area contributed by atoms with Gasteiger partial charge in [-0.3, -0.25) is 9.59 Å². The molecule has 2 saturated heterocycles. The lowest BCUT2D eigenvalue weighted by Gasteiger charge is -2.35. The van der Waals surface area contributed by atoms with E-state index in [4.69, 9.17) is 15.5 Å². The molecule has 2 aromatic heterocycles. The number of morpholine rings is 1. The summed E-state index contributed by atoms with van der Waals surface area (Å²) in [7, 11) is 0. The molecular weight excluding hydrogens is 530 g/mol. The minimum absolute atomic E-state index is 0.194. The highest BCUT2D eigenvalue weighted by Gasteiger charge is 2.21. The number of anilines is 4. The van der Waals surface area contributed by atoms with Crippen LogP contribution >= 0.6 is 0 Å². The topological polar surface area (TPSA) is 120 Å². The lowest BCUT2D eigenvalue weighted by atomic mass is 10.00. The van der Waals surface area contributed by atoms with Crippen LogP contribution in [0.5, 0.6) is 0 Å². The van der Waals surface area contributed by atoms with E-state index in [1.807, 2.05) is 30.3 Å². The van der Waals surface area contributed by atoms with Crippen LogP contribution in [0.3, 0.4) is 0 Å². The molecule has 2 aliphatic heterocycles. The second-order valence-corrected chi connectivity index (χ2v) is 10.8. The Morgan fingerprint density at radius 3 is 2.36 bits per heavy atom. The molecule has 0 aliphatic carbocycles. The zero-order chi connectivity index (χ0) is 29.1. The average molecular weight is 568 g/mol. The third kappa shape index (κ3) is 5.95. The molecule has 0 atom stereocenters. The first-order valence-corrected chi connectivity index (χ1v) is 14.6. The molecule has 2 aliphatic rings. The minimum atomic E-state index is -0.455. The Morgan fingerprint density at radius 1 is 0.976 bits per heavy atom. The van der Waals surface area contributed by atoms with Crippen molar-refractivity contribution in [1.82, 2.24) is 14.9 Å². The van der Waals surface area contributed by atoms with Gasteiger partial charge >= 0.3 is 0 Å². The van der Waals surface area contributed by atoms with Crippen molar-refractivity contribution in [2.24, 2.45) is 5.73 Å². The number of benzene rings is 2. The van der Waals surface area contributed by atoms with Crippen molar-refractivity contribution >= 4 is 39.7 Å². The molecule has 4 aromatic rings. The molecule has 10 heteroatoms. The second kappa shape index (κ2) is 12.2. The number of fused-ring (bicyclic) bond motifs is 1. The van der Waals surface area contributed by atoms with Crippen LogP contribution in [0.25, 0.3) is 10.8 Å². The van der Waals surface area contributed by atoms with Crippen molar-refractivity contribution in [2.45, 2.75) is 13.3 Å². The number of H-pyrrole nitrogens is 1. The Morgan fingerprint density at radius 2 is 1.69 bits per heavy atom. The summed E-state index contributed by atoms with van der Waals surface area (Å²) in [4.78, 5) is 39.9. The van der Waals surface area contributed by atoms with Gasteiger partial charge < -0.3 is 35.5 Å². The minimum Gasteiger partial charge on any atom is -0.378 e. The number of aromatic nitrogens is 2. The highest BCUT2D eigenvalue weighted by Crippen LogP contribution is 2.31. The van der Waals surface area contributed by atoms with E-state index < -0.39 is 5.91 Å². The molecule has 2 fully saturated rings. The van der Waals surface area contributed by atoms with Gasteiger partial charge in [0.25, 0.3) is 5.56 Å². The molecule has 0 saturated carbocycles. The fourth-order valence-electron chi connectivity index (χ4n) is 5.73. The first-order valence-electron chi connectivity index (χ1n) is 14.6. The summed E-state index contributed by atoms with van der Waals surface area (Å²) in [6, 6.07) is 17.6. The smallest absolute Gasteiger partial charge is 0.259 e. The number of primary amides is 1. The average Bonchev–Trinajstić information content (AvgIpc) is 3.03. The van der Waals surface area contributed by atoms with E-state index >= 15 is 0 Å². The number of pyridine rings is 2. The predicted octanol–water partition coefficient (Wildman–Crippen LogP) is 3.33. The number of rotatable bonds is 8. The largest absolute Gasteiger partial charge is 0.378 e. The van der Waals surface area contributed by atoms with Gasteiger partial charge in [0, 0.05) is 62.4 Å². The molecule has 0 spiro atoms. The maximum Gasteiger partial charge on any atom is 0.259 e. The van der Waals surface area contributed by atoms with Crippen LogP contribution in [0.2, 0.25) is 0 Å². The van der Waals surface area contributed by atoms with Crippen LogP contribution in [-0.2, 0) is 11.2 Å². The molecule has 4 N–H and O–H groups in total. The van der Waals surface area contributed by atoms with Gasteiger partial charge in [-0.1, -0.05) is 19.1 Å². The van der Waals surface area contributed by atoms with Gasteiger partial charge in [-0.25, -0.2) is 4.98 Å². The van der Waals surface area contributed by atoms with E-state index in [1.165, 1.54) is 0 Å². The van der Waals surface area contributed by atoms with Gasteiger partial charge in [0.05, 0.1) is 18.6 Å². The van der Waals surface area contributed by atoms with Gasteiger partial charge in [-0.15, -0.1) is 0 Å².